The van der Waals surface area contributed by atoms with Crippen molar-refractivity contribution in [2.45, 2.75) is 5.33 Å². The van der Waals surface area contributed by atoms with Crippen molar-refractivity contribution in [3.05, 3.63) is 34.2 Å². The van der Waals surface area contributed by atoms with Gasteiger partial charge in [0.15, 0.2) is 5.43 Å². The highest BCUT2D eigenvalue weighted by atomic mass is 79.9. The van der Waals surface area contributed by atoms with E-state index in [2.05, 4.69) is 15.9 Å². The molecule has 1 aromatic heterocycles. The van der Waals surface area contributed by atoms with Crippen LogP contribution in [0.1, 0.15) is 5.76 Å². The fourth-order valence-corrected chi connectivity index (χ4v) is 1.90. The number of benzene rings is 1. The molecular formula is C12H11BrO4. The van der Waals surface area contributed by atoms with Crippen molar-refractivity contribution in [1.29, 1.82) is 0 Å². The van der Waals surface area contributed by atoms with E-state index in [1.165, 1.54) is 13.2 Å². The summed E-state index contributed by atoms with van der Waals surface area (Å²) in [5.41, 5.74) is 0.336. The molecule has 0 aliphatic rings. The van der Waals surface area contributed by atoms with Crippen LogP contribution in [-0.2, 0) is 5.33 Å². The van der Waals surface area contributed by atoms with E-state index in [0.29, 0.717) is 33.6 Å². The maximum absolute atomic E-state index is 11.9. The molecule has 0 bridgehead atoms. The average molecular weight is 299 g/mol. The number of rotatable bonds is 3. The smallest absolute Gasteiger partial charge is 0.196 e. The van der Waals surface area contributed by atoms with Crippen LogP contribution in [-0.4, -0.2) is 14.2 Å². The average Bonchev–Trinajstić information content (AvgIpc) is 2.36. The molecule has 17 heavy (non-hydrogen) atoms. The number of alkyl halides is 1. The van der Waals surface area contributed by atoms with Crippen molar-refractivity contribution >= 4 is 26.9 Å². The van der Waals surface area contributed by atoms with E-state index in [4.69, 9.17) is 13.9 Å². The van der Waals surface area contributed by atoms with Gasteiger partial charge in [-0.25, -0.2) is 0 Å². The van der Waals surface area contributed by atoms with Gasteiger partial charge in [-0.05, 0) is 0 Å². The van der Waals surface area contributed by atoms with E-state index in [1.54, 1.807) is 19.2 Å². The third-order valence-corrected chi connectivity index (χ3v) is 2.96. The lowest BCUT2D eigenvalue weighted by Gasteiger charge is -2.08. The van der Waals surface area contributed by atoms with Crippen LogP contribution < -0.4 is 14.9 Å². The van der Waals surface area contributed by atoms with Gasteiger partial charge in [-0.1, -0.05) is 15.9 Å². The van der Waals surface area contributed by atoms with Crippen LogP contribution in [0, 0.1) is 0 Å². The maximum Gasteiger partial charge on any atom is 0.196 e. The number of methoxy groups -OCH3 is 2. The van der Waals surface area contributed by atoms with Gasteiger partial charge in [0.1, 0.15) is 28.2 Å². The van der Waals surface area contributed by atoms with Crippen molar-refractivity contribution < 1.29 is 13.9 Å². The van der Waals surface area contributed by atoms with Crippen LogP contribution in [0.15, 0.2) is 27.4 Å². The van der Waals surface area contributed by atoms with Crippen LogP contribution in [0.3, 0.4) is 0 Å². The topological polar surface area (TPSA) is 48.7 Å². The monoisotopic (exact) mass is 298 g/mol. The highest BCUT2D eigenvalue weighted by Crippen LogP contribution is 2.29. The van der Waals surface area contributed by atoms with Crippen LogP contribution in [0.25, 0.3) is 11.0 Å². The van der Waals surface area contributed by atoms with Crippen molar-refractivity contribution in [3.63, 3.8) is 0 Å². The highest BCUT2D eigenvalue weighted by molar-refractivity contribution is 9.08. The summed E-state index contributed by atoms with van der Waals surface area (Å²) in [5.74, 6) is 1.61. The van der Waals surface area contributed by atoms with Crippen LogP contribution >= 0.6 is 15.9 Å². The molecule has 0 aliphatic carbocycles. The van der Waals surface area contributed by atoms with E-state index >= 15 is 0 Å². The van der Waals surface area contributed by atoms with E-state index < -0.39 is 0 Å². The predicted molar refractivity (Wildman–Crippen MR) is 68.2 cm³/mol. The number of halogens is 1. The number of hydrogen-bond acceptors (Lipinski definition) is 4. The molecule has 5 heteroatoms. The summed E-state index contributed by atoms with van der Waals surface area (Å²) in [5, 5.41) is 0.913. The molecule has 0 saturated carbocycles. The van der Waals surface area contributed by atoms with Gasteiger partial charge in [0.05, 0.1) is 19.5 Å². The molecule has 2 aromatic rings. The second-order valence-electron chi connectivity index (χ2n) is 3.41. The Morgan fingerprint density at radius 2 is 2.00 bits per heavy atom. The van der Waals surface area contributed by atoms with E-state index in [9.17, 15) is 4.79 Å². The van der Waals surface area contributed by atoms with Gasteiger partial charge >= 0.3 is 0 Å². The summed E-state index contributed by atoms with van der Waals surface area (Å²) in [6.07, 6.45) is 0. The minimum atomic E-state index is -0.125. The summed E-state index contributed by atoms with van der Waals surface area (Å²) in [6.45, 7) is 0. The van der Waals surface area contributed by atoms with E-state index in [1.807, 2.05) is 0 Å². The first-order valence-electron chi connectivity index (χ1n) is 4.94. The largest absolute Gasteiger partial charge is 0.496 e. The van der Waals surface area contributed by atoms with Crippen molar-refractivity contribution in [2.75, 3.05) is 14.2 Å². The van der Waals surface area contributed by atoms with Crippen LogP contribution in [0.5, 0.6) is 11.5 Å². The third-order valence-electron chi connectivity index (χ3n) is 2.41. The second kappa shape index (κ2) is 4.79. The molecule has 1 aromatic carbocycles. The molecule has 1 heterocycles. The Bertz CT molecular complexity index is 598. The second-order valence-corrected chi connectivity index (χ2v) is 3.97. The zero-order valence-electron chi connectivity index (χ0n) is 9.45. The van der Waals surface area contributed by atoms with Gasteiger partial charge in [-0.2, -0.15) is 0 Å². The Morgan fingerprint density at radius 3 is 2.59 bits per heavy atom. The molecule has 90 valence electrons. The van der Waals surface area contributed by atoms with Gasteiger partial charge in [-0.3, -0.25) is 4.79 Å². The summed E-state index contributed by atoms with van der Waals surface area (Å²) in [6, 6.07) is 4.78. The predicted octanol–water partition coefficient (Wildman–Crippen LogP) is 2.71. The van der Waals surface area contributed by atoms with Gasteiger partial charge < -0.3 is 13.9 Å². The Hall–Kier alpha value is -1.49. The summed E-state index contributed by atoms with van der Waals surface area (Å²) >= 11 is 3.25. The Morgan fingerprint density at radius 1 is 1.24 bits per heavy atom. The number of hydrogen-bond donors (Lipinski definition) is 0. The molecule has 0 atom stereocenters. The molecule has 0 saturated heterocycles. The molecule has 4 nitrogen and oxygen atoms in total. The zero-order valence-corrected chi connectivity index (χ0v) is 11.0. The molecule has 2 rings (SSSR count). The molecule has 0 unspecified atom stereocenters. The standard InChI is InChI=1S/C12H11BrO4/c1-15-7-4-10(16-2)12-9(14)3-8(6-13)17-11(12)5-7/h3-5H,6H2,1-2H3. The molecule has 0 amide bonds. The maximum atomic E-state index is 11.9. The molecule has 0 N–H and O–H groups in total. The summed E-state index contributed by atoms with van der Waals surface area (Å²) in [7, 11) is 3.05. The minimum absolute atomic E-state index is 0.125. The molecule has 0 fully saturated rings. The molecule has 0 aliphatic heterocycles. The SMILES string of the molecule is COc1cc(OC)c2c(=O)cc(CBr)oc2c1. The minimum Gasteiger partial charge on any atom is -0.496 e. The van der Waals surface area contributed by atoms with Crippen molar-refractivity contribution in [3.8, 4) is 11.5 Å². The highest BCUT2D eigenvalue weighted by Gasteiger charge is 2.12. The lowest BCUT2D eigenvalue weighted by Crippen LogP contribution is -2.03. The Labute approximate surface area is 106 Å². The lowest BCUT2D eigenvalue weighted by atomic mass is 10.2. The Kier molecular flexibility index (Phi) is 3.38. The normalized spacial score (nSPS) is 10.5. The van der Waals surface area contributed by atoms with Gasteiger partial charge in [0.2, 0.25) is 0 Å². The summed E-state index contributed by atoms with van der Waals surface area (Å²) < 4.78 is 15.9. The van der Waals surface area contributed by atoms with Gasteiger partial charge in [0.25, 0.3) is 0 Å². The fourth-order valence-electron chi connectivity index (χ4n) is 1.62. The lowest BCUT2D eigenvalue weighted by molar-refractivity contribution is 0.396. The molecule has 0 spiro atoms. The quantitative estimate of drug-likeness (QED) is 0.818. The van der Waals surface area contributed by atoms with Gasteiger partial charge in [-0.15, -0.1) is 0 Å². The first-order valence-corrected chi connectivity index (χ1v) is 6.06. The number of ether oxygens (including phenoxy) is 2. The molecule has 0 radical (unpaired) electrons. The zero-order chi connectivity index (χ0) is 12.4. The van der Waals surface area contributed by atoms with E-state index in [-0.39, 0.29) is 5.43 Å². The first kappa shape index (κ1) is 12.0. The summed E-state index contributed by atoms with van der Waals surface area (Å²) in [4.78, 5) is 11.9. The van der Waals surface area contributed by atoms with Crippen molar-refractivity contribution in [2.24, 2.45) is 0 Å². The van der Waals surface area contributed by atoms with Crippen molar-refractivity contribution in [1.82, 2.24) is 0 Å². The molecular weight excluding hydrogens is 288 g/mol. The third kappa shape index (κ3) is 2.15. The first-order chi connectivity index (χ1) is 8.19. The number of fused-ring (bicyclic) bond motifs is 1. The van der Waals surface area contributed by atoms with Crippen LogP contribution in [0.2, 0.25) is 0 Å². The Balaban J connectivity index is 2.84. The van der Waals surface area contributed by atoms with Crippen LogP contribution in [0.4, 0.5) is 0 Å². The van der Waals surface area contributed by atoms with E-state index in [0.717, 1.165) is 0 Å². The van der Waals surface area contributed by atoms with Gasteiger partial charge in [0, 0.05) is 18.2 Å². The fraction of sp³-hybridized carbons (Fsp3) is 0.250.